The third-order valence-corrected chi connectivity index (χ3v) is 3.00. The molecule has 0 amide bonds. The molecule has 0 saturated carbocycles. The molecule has 1 aromatic carbocycles. The Bertz CT molecular complexity index is 475. The first-order valence-corrected chi connectivity index (χ1v) is 6.25. The number of carbonyl (C=O) groups is 1. The summed E-state index contributed by atoms with van der Waals surface area (Å²) in [6, 6.07) is 9.45. The predicted molar refractivity (Wildman–Crippen MR) is 71.5 cm³/mol. The van der Waals surface area contributed by atoms with Crippen molar-refractivity contribution < 1.29 is 14.3 Å². The van der Waals surface area contributed by atoms with E-state index in [1.54, 1.807) is 0 Å². The summed E-state index contributed by atoms with van der Waals surface area (Å²) in [5.41, 5.74) is 0.977. The molecule has 1 aliphatic heterocycles. The maximum atomic E-state index is 11.6. The molecule has 1 aromatic rings. The van der Waals surface area contributed by atoms with E-state index in [2.05, 4.69) is 11.8 Å². The Hall–Kier alpha value is -1.83. The molecule has 0 N–H and O–H groups in total. The summed E-state index contributed by atoms with van der Waals surface area (Å²) in [7, 11) is 1.39. The fourth-order valence-electron chi connectivity index (χ4n) is 1.95. The van der Waals surface area contributed by atoms with Gasteiger partial charge in [0.1, 0.15) is 6.04 Å². The highest BCUT2D eigenvalue weighted by molar-refractivity contribution is 5.76. The van der Waals surface area contributed by atoms with Gasteiger partial charge in [0.05, 0.1) is 26.9 Å². The van der Waals surface area contributed by atoms with Gasteiger partial charge in [-0.05, 0) is 12.1 Å². The van der Waals surface area contributed by atoms with Crippen LogP contribution >= 0.6 is 0 Å². The second kappa shape index (κ2) is 6.93. The van der Waals surface area contributed by atoms with Gasteiger partial charge in [-0.15, -0.1) is 0 Å². The summed E-state index contributed by atoms with van der Waals surface area (Å²) in [5.74, 6) is 5.92. The highest BCUT2D eigenvalue weighted by atomic mass is 16.5. The van der Waals surface area contributed by atoms with Gasteiger partial charge >= 0.3 is 5.97 Å². The molecule has 0 bridgehead atoms. The minimum atomic E-state index is -0.344. The molecule has 1 aliphatic rings. The first-order valence-electron chi connectivity index (χ1n) is 6.25. The van der Waals surface area contributed by atoms with Crippen LogP contribution in [-0.2, 0) is 14.3 Å². The van der Waals surface area contributed by atoms with Gasteiger partial charge in [-0.2, -0.15) is 0 Å². The molecule has 4 nitrogen and oxygen atoms in total. The first-order chi connectivity index (χ1) is 9.31. The van der Waals surface area contributed by atoms with Crippen LogP contribution in [0.1, 0.15) is 5.56 Å². The summed E-state index contributed by atoms with van der Waals surface area (Å²) in [4.78, 5) is 13.6. The van der Waals surface area contributed by atoms with Crippen LogP contribution in [0.3, 0.4) is 0 Å². The lowest BCUT2D eigenvalue weighted by Crippen LogP contribution is -2.50. The number of hydrogen-bond acceptors (Lipinski definition) is 4. The molecule has 1 atom stereocenters. The summed E-state index contributed by atoms with van der Waals surface area (Å²) in [5, 5.41) is 0. The molecule has 2 rings (SSSR count). The van der Waals surface area contributed by atoms with Gasteiger partial charge in [0, 0.05) is 12.1 Å². The second-order valence-corrected chi connectivity index (χ2v) is 4.25. The Balaban J connectivity index is 1.97. The van der Waals surface area contributed by atoms with E-state index in [1.165, 1.54) is 7.11 Å². The monoisotopic (exact) mass is 259 g/mol. The largest absolute Gasteiger partial charge is 0.468 e. The number of morpholine rings is 1. The number of methoxy groups -OCH3 is 1. The van der Waals surface area contributed by atoms with Crippen molar-refractivity contribution >= 4 is 5.97 Å². The molecule has 1 heterocycles. The van der Waals surface area contributed by atoms with Crippen molar-refractivity contribution in [2.24, 2.45) is 0 Å². The maximum absolute atomic E-state index is 11.6. The van der Waals surface area contributed by atoms with E-state index in [0.29, 0.717) is 26.3 Å². The zero-order valence-electron chi connectivity index (χ0n) is 11.0. The first kappa shape index (κ1) is 13.6. The smallest absolute Gasteiger partial charge is 0.325 e. The number of nitrogens with zero attached hydrogens (tertiary/aromatic N) is 1. The summed E-state index contributed by atoms with van der Waals surface area (Å²) >= 11 is 0. The number of carbonyl (C=O) groups excluding carboxylic acids is 1. The molecule has 0 spiro atoms. The molecule has 100 valence electrons. The van der Waals surface area contributed by atoms with Crippen LogP contribution in [0.5, 0.6) is 0 Å². The lowest BCUT2D eigenvalue weighted by atomic mass is 10.2. The molecule has 1 saturated heterocycles. The molecule has 1 unspecified atom stereocenters. The van der Waals surface area contributed by atoms with Gasteiger partial charge < -0.3 is 9.47 Å². The lowest BCUT2D eigenvalue weighted by molar-refractivity contribution is -0.152. The zero-order chi connectivity index (χ0) is 13.5. The van der Waals surface area contributed by atoms with Gasteiger partial charge in [0.15, 0.2) is 0 Å². The van der Waals surface area contributed by atoms with Gasteiger partial charge in [-0.25, -0.2) is 0 Å². The van der Waals surface area contributed by atoms with E-state index in [4.69, 9.17) is 9.47 Å². The van der Waals surface area contributed by atoms with Crippen molar-refractivity contribution in [1.29, 1.82) is 0 Å². The molecular weight excluding hydrogens is 242 g/mol. The minimum Gasteiger partial charge on any atom is -0.468 e. The summed E-state index contributed by atoms with van der Waals surface area (Å²) in [6.07, 6.45) is 0. The Kier molecular flexibility index (Phi) is 4.96. The summed E-state index contributed by atoms with van der Waals surface area (Å²) in [6.45, 7) is 2.24. The van der Waals surface area contributed by atoms with Crippen LogP contribution in [0.15, 0.2) is 30.3 Å². The Morgan fingerprint density at radius 3 is 3.00 bits per heavy atom. The fourth-order valence-corrected chi connectivity index (χ4v) is 1.95. The average Bonchev–Trinajstić information content (AvgIpc) is 2.48. The number of ether oxygens (including phenoxy) is 2. The number of hydrogen-bond donors (Lipinski definition) is 0. The fraction of sp³-hybridized carbons (Fsp3) is 0.400. The van der Waals surface area contributed by atoms with Crippen molar-refractivity contribution in [1.82, 2.24) is 4.90 Å². The highest BCUT2D eigenvalue weighted by Crippen LogP contribution is 2.07. The number of benzene rings is 1. The number of rotatable bonds is 2. The highest BCUT2D eigenvalue weighted by Gasteiger charge is 2.29. The molecule has 1 fully saturated rings. The Morgan fingerprint density at radius 1 is 1.47 bits per heavy atom. The van der Waals surface area contributed by atoms with E-state index in [-0.39, 0.29) is 12.0 Å². The van der Waals surface area contributed by atoms with Crippen LogP contribution in [0, 0.1) is 11.8 Å². The van der Waals surface area contributed by atoms with E-state index >= 15 is 0 Å². The van der Waals surface area contributed by atoms with Gasteiger partial charge in [0.2, 0.25) is 0 Å². The maximum Gasteiger partial charge on any atom is 0.325 e. The Morgan fingerprint density at radius 2 is 2.26 bits per heavy atom. The second-order valence-electron chi connectivity index (χ2n) is 4.25. The van der Waals surface area contributed by atoms with Crippen molar-refractivity contribution in [3.05, 3.63) is 35.9 Å². The van der Waals surface area contributed by atoms with Crippen molar-refractivity contribution in [2.45, 2.75) is 6.04 Å². The van der Waals surface area contributed by atoms with Crippen molar-refractivity contribution in [3.63, 3.8) is 0 Å². The van der Waals surface area contributed by atoms with Crippen LogP contribution < -0.4 is 0 Å². The zero-order valence-corrected chi connectivity index (χ0v) is 11.0. The topological polar surface area (TPSA) is 38.8 Å². The standard InChI is InChI=1S/C15H17NO3/c1-18-15(17)14-12-19-11-10-16(14)9-5-8-13-6-3-2-4-7-13/h2-4,6-7,14H,9-12H2,1H3. The SMILES string of the molecule is COC(=O)C1COCCN1CC#Cc1ccccc1. The van der Waals surface area contributed by atoms with E-state index in [0.717, 1.165) is 5.56 Å². The van der Waals surface area contributed by atoms with Crippen molar-refractivity contribution in [2.75, 3.05) is 33.4 Å². The van der Waals surface area contributed by atoms with E-state index < -0.39 is 0 Å². The Labute approximate surface area is 113 Å². The third-order valence-electron chi connectivity index (χ3n) is 3.00. The van der Waals surface area contributed by atoms with Crippen LogP contribution in [0.2, 0.25) is 0 Å². The van der Waals surface area contributed by atoms with Crippen LogP contribution in [0.4, 0.5) is 0 Å². The lowest BCUT2D eigenvalue weighted by Gasteiger charge is -2.31. The quantitative estimate of drug-likeness (QED) is 0.584. The third kappa shape index (κ3) is 3.82. The van der Waals surface area contributed by atoms with Crippen LogP contribution in [-0.4, -0.2) is 50.3 Å². The van der Waals surface area contributed by atoms with Crippen LogP contribution in [0.25, 0.3) is 0 Å². The van der Waals surface area contributed by atoms with Crippen molar-refractivity contribution in [3.8, 4) is 11.8 Å². The number of esters is 1. The molecule has 19 heavy (non-hydrogen) atoms. The molecular formula is C15H17NO3. The minimum absolute atomic E-state index is 0.263. The van der Waals surface area contributed by atoms with Gasteiger partial charge in [-0.3, -0.25) is 9.69 Å². The molecule has 4 heteroatoms. The molecule has 0 radical (unpaired) electrons. The summed E-state index contributed by atoms with van der Waals surface area (Å²) < 4.78 is 10.1. The van der Waals surface area contributed by atoms with Gasteiger partial charge in [0.25, 0.3) is 0 Å². The normalized spacial score (nSPS) is 19.3. The van der Waals surface area contributed by atoms with E-state index in [9.17, 15) is 4.79 Å². The van der Waals surface area contributed by atoms with Gasteiger partial charge in [-0.1, -0.05) is 30.0 Å². The molecule has 0 aromatic heterocycles. The predicted octanol–water partition coefficient (Wildman–Crippen LogP) is 0.912. The van der Waals surface area contributed by atoms with E-state index in [1.807, 2.05) is 35.2 Å². The molecule has 0 aliphatic carbocycles. The average molecular weight is 259 g/mol.